The fraction of sp³-hybridized carbons (Fsp3) is 1.00. The highest BCUT2D eigenvalue weighted by Gasteiger charge is 2.43. The van der Waals surface area contributed by atoms with Crippen LogP contribution in [0, 0.1) is 5.92 Å². The minimum Gasteiger partial charge on any atom is -0.343 e. The Morgan fingerprint density at radius 2 is 0.893 bits per heavy atom. The van der Waals surface area contributed by atoms with E-state index >= 15 is 0 Å². The second-order valence-electron chi connectivity index (χ2n) is 8.80. The zero-order chi connectivity index (χ0) is 21.3. The monoisotopic (exact) mass is 402 g/mol. The molecule has 5 heteroatoms. The van der Waals surface area contributed by atoms with Gasteiger partial charge in [-0.05, 0) is 12.8 Å². The lowest BCUT2D eigenvalue weighted by atomic mass is 9.84. The van der Waals surface area contributed by atoms with Crippen LogP contribution >= 0.6 is 0 Å². The lowest BCUT2D eigenvalue weighted by Crippen LogP contribution is -2.62. The first-order valence-corrected chi connectivity index (χ1v) is 12.0. The quantitative estimate of drug-likeness (QED) is 0.147. The van der Waals surface area contributed by atoms with Crippen molar-refractivity contribution in [2.24, 2.45) is 17.4 Å². The highest BCUT2D eigenvalue weighted by atomic mass is 16.7. The van der Waals surface area contributed by atoms with Crippen molar-refractivity contribution in [1.82, 2.24) is 0 Å². The molecule has 0 radical (unpaired) electrons. The molecule has 0 saturated carbocycles. The third-order valence-electron chi connectivity index (χ3n) is 6.08. The van der Waals surface area contributed by atoms with Crippen LogP contribution in [0.4, 0.5) is 0 Å². The lowest BCUT2D eigenvalue weighted by molar-refractivity contribution is -0.352. The Morgan fingerprint density at radius 1 is 0.571 bits per heavy atom. The summed E-state index contributed by atoms with van der Waals surface area (Å²) in [5.74, 6) is -3.74. The standard InChI is InChI=1S/C23H50N2O3/c1-3-5-6-7-8-9-10-11-12-13-14-15-16-17-18-19-20-21(23(26,27)28)22(24,25)4-2/h21,26-28H,3-20,24-25H2,1-2H3. The van der Waals surface area contributed by atoms with Gasteiger partial charge in [-0.1, -0.05) is 117 Å². The molecule has 0 aliphatic carbocycles. The van der Waals surface area contributed by atoms with Crippen molar-refractivity contribution in [3.8, 4) is 0 Å². The molecule has 0 bridgehead atoms. The van der Waals surface area contributed by atoms with Crippen molar-refractivity contribution in [1.29, 1.82) is 0 Å². The van der Waals surface area contributed by atoms with Gasteiger partial charge in [0.25, 0.3) is 5.97 Å². The van der Waals surface area contributed by atoms with Gasteiger partial charge in [-0.3, -0.25) is 0 Å². The van der Waals surface area contributed by atoms with Crippen LogP contribution in [0.3, 0.4) is 0 Å². The van der Waals surface area contributed by atoms with Crippen LogP contribution in [0.1, 0.15) is 129 Å². The number of nitrogens with two attached hydrogens (primary N) is 2. The summed E-state index contributed by atoms with van der Waals surface area (Å²) in [6.07, 6.45) is 21.4. The van der Waals surface area contributed by atoms with Crippen molar-refractivity contribution in [2.75, 3.05) is 0 Å². The van der Waals surface area contributed by atoms with Gasteiger partial charge >= 0.3 is 0 Å². The second kappa shape index (κ2) is 16.6. The summed E-state index contributed by atoms with van der Waals surface area (Å²) in [5, 5.41) is 28.6. The minimum absolute atomic E-state index is 0.375. The molecule has 0 spiro atoms. The van der Waals surface area contributed by atoms with Gasteiger partial charge in [0.1, 0.15) is 0 Å². The highest BCUT2D eigenvalue weighted by Crippen LogP contribution is 2.28. The smallest absolute Gasteiger partial charge is 0.281 e. The number of hydrogen-bond donors (Lipinski definition) is 5. The van der Waals surface area contributed by atoms with E-state index in [-0.39, 0.29) is 0 Å². The Bertz CT molecular complexity index is 343. The fourth-order valence-corrected chi connectivity index (χ4v) is 3.97. The summed E-state index contributed by atoms with van der Waals surface area (Å²) in [6.45, 7) is 4.05. The summed E-state index contributed by atoms with van der Waals surface area (Å²) in [7, 11) is 0. The SMILES string of the molecule is CCCCCCCCCCCCCCCCCCC(C(O)(O)O)C(N)(N)CC. The third-order valence-corrected chi connectivity index (χ3v) is 6.08. The number of rotatable bonds is 20. The number of aliphatic hydroxyl groups is 3. The first kappa shape index (κ1) is 27.8. The van der Waals surface area contributed by atoms with Gasteiger partial charge < -0.3 is 26.8 Å². The summed E-state index contributed by atoms with van der Waals surface area (Å²) in [4.78, 5) is 0. The van der Waals surface area contributed by atoms with Gasteiger partial charge in [0, 0.05) is 0 Å². The van der Waals surface area contributed by atoms with Crippen LogP contribution in [-0.2, 0) is 0 Å². The van der Waals surface area contributed by atoms with Gasteiger partial charge in [0.15, 0.2) is 0 Å². The largest absolute Gasteiger partial charge is 0.343 e. The number of unbranched alkanes of at least 4 members (excludes halogenated alkanes) is 15. The van der Waals surface area contributed by atoms with Crippen LogP contribution in [0.25, 0.3) is 0 Å². The van der Waals surface area contributed by atoms with E-state index in [0.717, 1.165) is 19.3 Å². The molecule has 0 rings (SSSR count). The van der Waals surface area contributed by atoms with E-state index in [1.54, 1.807) is 6.92 Å². The van der Waals surface area contributed by atoms with E-state index in [2.05, 4.69) is 6.92 Å². The van der Waals surface area contributed by atoms with E-state index in [1.165, 1.54) is 83.5 Å². The van der Waals surface area contributed by atoms with E-state index < -0.39 is 17.6 Å². The molecule has 0 aromatic rings. The van der Waals surface area contributed by atoms with Gasteiger partial charge in [-0.25, -0.2) is 0 Å². The molecule has 28 heavy (non-hydrogen) atoms. The maximum Gasteiger partial charge on any atom is 0.281 e. The zero-order valence-corrected chi connectivity index (χ0v) is 18.8. The van der Waals surface area contributed by atoms with E-state index in [0.29, 0.717) is 12.8 Å². The molecule has 0 fully saturated rings. The maximum atomic E-state index is 9.52. The van der Waals surface area contributed by atoms with Crippen LogP contribution in [-0.4, -0.2) is 27.0 Å². The molecule has 170 valence electrons. The fourth-order valence-electron chi connectivity index (χ4n) is 3.97. The molecule has 1 atom stereocenters. The predicted molar refractivity (Wildman–Crippen MR) is 118 cm³/mol. The van der Waals surface area contributed by atoms with Crippen LogP contribution in [0.15, 0.2) is 0 Å². The van der Waals surface area contributed by atoms with E-state index in [4.69, 9.17) is 11.5 Å². The van der Waals surface area contributed by atoms with Crippen LogP contribution in [0.2, 0.25) is 0 Å². The topological polar surface area (TPSA) is 113 Å². The molecular formula is C23H50N2O3. The van der Waals surface area contributed by atoms with Gasteiger partial charge in [0.05, 0.1) is 11.6 Å². The molecule has 0 aliphatic rings. The predicted octanol–water partition coefficient (Wildman–Crippen LogP) is 4.91. The Labute approximate surface area is 174 Å². The van der Waals surface area contributed by atoms with Crippen molar-refractivity contribution < 1.29 is 15.3 Å². The highest BCUT2D eigenvalue weighted by molar-refractivity contribution is 4.88. The molecule has 0 heterocycles. The third kappa shape index (κ3) is 14.7. The second-order valence-corrected chi connectivity index (χ2v) is 8.80. The lowest BCUT2D eigenvalue weighted by Gasteiger charge is -2.38. The van der Waals surface area contributed by atoms with Gasteiger partial charge in [-0.2, -0.15) is 0 Å². The Kier molecular flexibility index (Phi) is 16.5. The van der Waals surface area contributed by atoms with Crippen molar-refractivity contribution in [2.45, 2.75) is 141 Å². The zero-order valence-electron chi connectivity index (χ0n) is 18.8. The molecule has 0 aromatic carbocycles. The van der Waals surface area contributed by atoms with Crippen molar-refractivity contribution in [3.05, 3.63) is 0 Å². The normalized spacial score (nSPS) is 13.8. The molecular weight excluding hydrogens is 352 g/mol. The Morgan fingerprint density at radius 3 is 1.18 bits per heavy atom. The molecule has 1 unspecified atom stereocenters. The Hall–Kier alpha value is -0.200. The summed E-state index contributed by atoms with van der Waals surface area (Å²) in [5.41, 5.74) is 10.6. The van der Waals surface area contributed by atoms with Gasteiger partial charge in [-0.15, -0.1) is 0 Å². The molecule has 0 aliphatic heterocycles. The molecule has 0 aromatic heterocycles. The summed E-state index contributed by atoms with van der Waals surface area (Å²) >= 11 is 0. The van der Waals surface area contributed by atoms with Crippen LogP contribution in [0.5, 0.6) is 0 Å². The molecule has 0 saturated heterocycles. The van der Waals surface area contributed by atoms with Crippen molar-refractivity contribution in [3.63, 3.8) is 0 Å². The first-order chi connectivity index (χ1) is 13.3. The van der Waals surface area contributed by atoms with E-state index in [9.17, 15) is 15.3 Å². The average Bonchev–Trinajstić information content (AvgIpc) is 2.63. The first-order valence-electron chi connectivity index (χ1n) is 12.0. The molecule has 5 nitrogen and oxygen atoms in total. The number of hydrogen-bond acceptors (Lipinski definition) is 5. The maximum absolute atomic E-state index is 9.52. The van der Waals surface area contributed by atoms with E-state index in [1.807, 2.05) is 0 Å². The summed E-state index contributed by atoms with van der Waals surface area (Å²) < 4.78 is 0. The minimum atomic E-state index is -2.81. The van der Waals surface area contributed by atoms with Gasteiger partial charge in [0.2, 0.25) is 0 Å². The van der Waals surface area contributed by atoms with Crippen molar-refractivity contribution >= 4 is 0 Å². The molecule has 7 N–H and O–H groups in total. The molecule has 0 amide bonds. The summed E-state index contributed by atoms with van der Waals surface area (Å²) in [6, 6.07) is 0. The van der Waals surface area contributed by atoms with Crippen LogP contribution < -0.4 is 11.5 Å². The average molecular weight is 403 g/mol. The Balaban J connectivity index is 3.50.